The second-order valence-electron chi connectivity index (χ2n) is 8.31. The smallest absolute Gasteiger partial charge is 0.369 e. The van der Waals surface area contributed by atoms with Gasteiger partial charge in [0.15, 0.2) is 0 Å². The maximum absolute atomic E-state index is 13.2. The van der Waals surface area contributed by atoms with Gasteiger partial charge >= 0.3 is 6.18 Å². The van der Waals surface area contributed by atoms with E-state index < -0.39 is 17.6 Å². The molecule has 5 rings (SSSR count). The average molecular weight is 475 g/mol. The van der Waals surface area contributed by atoms with E-state index in [2.05, 4.69) is 10.2 Å². The molecule has 0 aliphatic carbocycles. The number of benzene rings is 2. The average Bonchev–Trinajstić information content (AvgIpc) is 3.44. The predicted octanol–water partition coefficient (Wildman–Crippen LogP) is 5.12. The number of carbonyl (C=O) groups is 1. The van der Waals surface area contributed by atoms with E-state index >= 15 is 0 Å². The third kappa shape index (κ3) is 4.40. The molecule has 0 saturated carbocycles. The van der Waals surface area contributed by atoms with Crippen LogP contribution in [0.3, 0.4) is 0 Å². The predicted molar refractivity (Wildman–Crippen MR) is 126 cm³/mol. The Morgan fingerprint density at radius 2 is 1.51 bits per heavy atom. The van der Waals surface area contributed by atoms with Crippen LogP contribution in [0.5, 0.6) is 0 Å². The van der Waals surface area contributed by atoms with E-state index in [9.17, 15) is 18.0 Å². The number of fused-ring (bicyclic) bond motifs is 1. The highest BCUT2D eigenvalue weighted by Crippen LogP contribution is 2.37. The minimum absolute atomic E-state index is 0.139. The second kappa shape index (κ2) is 8.43. The molecule has 6 nitrogen and oxygen atoms in total. The number of aryl methyl sites for hydroxylation is 1. The molecule has 0 bridgehead atoms. The summed E-state index contributed by atoms with van der Waals surface area (Å²) in [5.41, 5.74) is 10.8. The molecule has 0 fully saturated rings. The van der Waals surface area contributed by atoms with Gasteiger partial charge in [-0.3, -0.25) is 9.48 Å². The summed E-state index contributed by atoms with van der Waals surface area (Å²) in [5, 5.41) is 8.76. The SMILES string of the molecule is Cn1cc(-c2cc(-c3ccc(C(F)(F)F)cc3)c3c(-c4ccc(CC(N)=O)cc4)cnn3c2)cn1. The second-order valence-corrected chi connectivity index (χ2v) is 8.31. The standard InChI is InChI=1S/C26H20F3N5O/c1-33-14-20(12-31-33)19-11-22(17-6-8-21(9-7-17)26(27,28)29)25-23(13-32-34(25)15-19)18-4-2-16(3-5-18)10-24(30)35/h2-9,11-15H,10H2,1H3,(H2,30,35). The highest BCUT2D eigenvalue weighted by molar-refractivity contribution is 5.94. The lowest BCUT2D eigenvalue weighted by Crippen LogP contribution is -2.13. The molecule has 9 heteroatoms. The van der Waals surface area contributed by atoms with Crippen LogP contribution < -0.4 is 5.73 Å². The topological polar surface area (TPSA) is 78.2 Å². The molecule has 0 saturated heterocycles. The van der Waals surface area contributed by atoms with Crippen LogP contribution in [0.25, 0.3) is 38.9 Å². The van der Waals surface area contributed by atoms with Crippen LogP contribution in [0, 0.1) is 0 Å². The highest BCUT2D eigenvalue weighted by Gasteiger charge is 2.30. The first-order valence-corrected chi connectivity index (χ1v) is 10.7. The first-order chi connectivity index (χ1) is 16.7. The number of aromatic nitrogens is 4. The molecular weight excluding hydrogens is 455 g/mol. The van der Waals surface area contributed by atoms with Gasteiger partial charge in [0.05, 0.1) is 29.9 Å². The maximum Gasteiger partial charge on any atom is 0.416 e. The van der Waals surface area contributed by atoms with Crippen LogP contribution in [0.4, 0.5) is 13.2 Å². The Bertz CT molecular complexity index is 1530. The molecule has 3 heterocycles. The summed E-state index contributed by atoms with van der Waals surface area (Å²) in [7, 11) is 1.81. The molecule has 0 aliphatic heterocycles. The molecule has 0 aliphatic rings. The zero-order chi connectivity index (χ0) is 24.7. The van der Waals surface area contributed by atoms with Crippen LogP contribution in [-0.4, -0.2) is 25.3 Å². The Morgan fingerprint density at radius 3 is 2.11 bits per heavy atom. The summed E-state index contributed by atoms with van der Waals surface area (Å²) in [6.07, 6.45) is 2.89. The molecular formula is C26H20F3N5O. The van der Waals surface area contributed by atoms with Gasteiger partial charge in [0.25, 0.3) is 0 Å². The van der Waals surface area contributed by atoms with E-state index in [-0.39, 0.29) is 6.42 Å². The van der Waals surface area contributed by atoms with Gasteiger partial charge in [0.2, 0.25) is 5.91 Å². The summed E-state index contributed by atoms with van der Waals surface area (Å²) in [5.74, 6) is -0.416. The van der Waals surface area contributed by atoms with Crippen molar-refractivity contribution < 1.29 is 18.0 Å². The fourth-order valence-electron chi connectivity index (χ4n) is 4.12. The molecule has 1 amide bonds. The van der Waals surface area contributed by atoms with E-state index in [1.54, 1.807) is 21.6 Å². The van der Waals surface area contributed by atoms with Crippen LogP contribution in [0.2, 0.25) is 0 Å². The van der Waals surface area contributed by atoms with Gasteiger partial charge in [-0.05, 0) is 34.9 Å². The zero-order valence-electron chi connectivity index (χ0n) is 18.6. The van der Waals surface area contributed by atoms with Crippen LogP contribution in [0.1, 0.15) is 11.1 Å². The molecule has 2 aromatic carbocycles. The molecule has 0 radical (unpaired) electrons. The maximum atomic E-state index is 13.2. The number of nitrogens with two attached hydrogens (primary N) is 1. The number of pyridine rings is 1. The lowest BCUT2D eigenvalue weighted by atomic mass is 9.96. The van der Waals surface area contributed by atoms with Crippen molar-refractivity contribution in [2.24, 2.45) is 12.8 Å². The van der Waals surface area contributed by atoms with Gasteiger partial charge in [0, 0.05) is 41.7 Å². The van der Waals surface area contributed by atoms with Crippen LogP contribution in [0.15, 0.2) is 79.4 Å². The van der Waals surface area contributed by atoms with Crippen molar-refractivity contribution in [1.82, 2.24) is 19.4 Å². The van der Waals surface area contributed by atoms with Crippen molar-refractivity contribution >= 4 is 11.4 Å². The number of hydrogen-bond acceptors (Lipinski definition) is 3. The van der Waals surface area contributed by atoms with Crippen molar-refractivity contribution in [2.75, 3.05) is 0 Å². The van der Waals surface area contributed by atoms with Crippen LogP contribution in [-0.2, 0) is 24.4 Å². The summed E-state index contributed by atoms with van der Waals surface area (Å²) in [6.45, 7) is 0. The monoisotopic (exact) mass is 475 g/mol. The molecule has 3 aromatic heterocycles. The molecule has 0 atom stereocenters. The number of rotatable bonds is 5. The van der Waals surface area contributed by atoms with E-state index in [4.69, 9.17) is 5.73 Å². The normalized spacial score (nSPS) is 11.8. The minimum Gasteiger partial charge on any atom is -0.369 e. The highest BCUT2D eigenvalue weighted by atomic mass is 19.4. The number of carbonyl (C=O) groups excluding carboxylic acids is 1. The van der Waals surface area contributed by atoms with Gasteiger partial charge in [-0.15, -0.1) is 0 Å². The molecule has 2 N–H and O–H groups in total. The number of hydrogen-bond donors (Lipinski definition) is 1. The number of alkyl halides is 3. The Labute approximate surface area is 198 Å². The van der Waals surface area contributed by atoms with Crippen LogP contribution >= 0.6 is 0 Å². The van der Waals surface area contributed by atoms with E-state index in [0.717, 1.165) is 51.0 Å². The molecule has 35 heavy (non-hydrogen) atoms. The third-order valence-corrected chi connectivity index (χ3v) is 5.82. The first kappa shape index (κ1) is 22.4. The Kier molecular flexibility index (Phi) is 5.39. The summed E-state index contributed by atoms with van der Waals surface area (Å²) in [4.78, 5) is 11.2. The summed E-state index contributed by atoms with van der Waals surface area (Å²) >= 11 is 0. The fraction of sp³-hybridized carbons (Fsp3) is 0.115. The molecule has 0 spiro atoms. The van der Waals surface area contributed by atoms with Crippen molar-refractivity contribution in [2.45, 2.75) is 12.6 Å². The lowest BCUT2D eigenvalue weighted by molar-refractivity contribution is -0.137. The first-order valence-electron chi connectivity index (χ1n) is 10.7. The summed E-state index contributed by atoms with van der Waals surface area (Å²) in [6, 6.07) is 14.4. The molecule has 0 unspecified atom stereocenters. The van der Waals surface area contributed by atoms with Gasteiger partial charge in [-0.25, -0.2) is 4.52 Å². The van der Waals surface area contributed by atoms with Gasteiger partial charge in [-0.2, -0.15) is 23.4 Å². The number of halogens is 3. The van der Waals surface area contributed by atoms with E-state index in [1.807, 2.05) is 49.8 Å². The van der Waals surface area contributed by atoms with E-state index in [0.29, 0.717) is 5.56 Å². The molecule has 176 valence electrons. The lowest BCUT2D eigenvalue weighted by Gasteiger charge is -2.12. The van der Waals surface area contributed by atoms with Gasteiger partial charge in [0.1, 0.15) is 0 Å². The van der Waals surface area contributed by atoms with E-state index in [1.165, 1.54) is 12.1 Å². The van der Waals surface area contributed by atoms with Crippen molar-refractivity contribution in [3.8, 4) is 33.4 Å². The van der Waals surface area contributed by atoms with Gasteiger partial charge in [-0.1, -0.05) is 36.4 Å². The van der Waals surface area contributed by atoms with Gasteiger partial charge < -0.3 is 5.73 Å². The Balaban J connectivity index is 1.69. The fourth-order valence-corrected chi connectivity index (χ4v) is 4.12. The number of nitrogens with zero attached hydrogens (tertiary/aromatic N) is 4. The number of primary amides is 1. The molecule has 5 aromatic rings. The number of amides is 1. The zero-order valence-corrected chi connectivity index (χ0v) is 18.6. The Hall–Kier alpha value is -4.40. The van der Waals surface area contributed by atoms with Crippen molar-refractivity contribution in [1.29, 1.82) is 0 Å². The largest absolute Gasteiger partial charge is 0.416 e. The quantitative estimate of drug-likeness (QED) is 0.384. The third-order valence-electron chi connectivity index (χ3n) is 5.82. The van der Waals surface area contributed by atoms with Crippen molar-refractivity contribution in [3.05, 3.63) is 90.5 Å². The summed E-state index contributed by atoms with van der Waals surface area (Å²) < 4.78 is 42.9. The Morgan fingerprint density at radius 1 is 0.857 bits per heavy atom. The minimum atomic E-state index is -4.42. The van der Waals surface area contributed by atoms with Crippen molar-refractivity contribution in [3.63, 3.8) is 0 Å².